The number of carbonyl (C=O) groups is 6. The van der Waals surface area contributed by atoms with Crippen LogP contribution < -0.4 is 32.9 Å². The fourth-order valence-corrected chi connectivity index (χ4v) is 6.57. The number of ketones is 1. The van der Waals surface area contributed by atoms with Crippen LogP contribution in [0.3, 0.4) is 0 Å². The lowest BCUT2D eigenvalue weighted by Crippen LogP contribution is -2.36. The van der Waals surface area contributed by atoms with Crippen LogP contribution >= 0.6 is 0 Å². The number of Topliss-reactive ketones (excluding diaryl/α,β-unsaturated/α-hetero) is 1. The Bertz CT molecular complexity index is 2080. The summed E-state index contributed by atoms with van der Waals surface area (Å²) < 4.78 is 12.0. The van der Waals surface area contributed by atoms with E-state index in [1.54, 1.807) is 32.3 Å². The molecule has 2 aromatic heterocycles. The van der Waals surface area contributed by atoms with Gasteiger partial charge in [0.15, 0.2) is 23.9 Å². The highest BCUT2D eigenvalue weighted by molar-refractivity contribution is 6.01. The van der Waals surface area contributed by atoms with Crippen LogP contribution in [0.5, 0.6) is 6.01 Å². The Kier molecular flexibility index (Phi) is 19.0. The third-order valence-corrected chi connectivity index (χ3v) is 9.86. The molecule has 2 fully saturated rings. The van der Waals surface area contributed by atoms with Crippen LogP contribution in [0.25, 0.3) is 11.2 Å². The van der Waals surface area contributed by atoms with Gasteiger partial charge in [-0.2, -0.15) is 15.4 Å². The predicted molar refractivity (Wildman–Crippen MR) is 226 cm³/mol. The van der Waals surface area contributed by atoms with E-state index in [2.05, 4.69) is 58.7 Å². The second-order valence-corrected chi connectivity index (χ2v) is 16.3. The Morgan fingerprint density at radius 1 is 0.968 bits per heavy atom. The summed E-state index contributed by atoms with van der Waals surface area (Å²) in [5, 5.41) is 3.35. The predicted octanol–water partition coefficient (Wildman–Crippen LogP) is 2.18. The number of imide groups is 1. The minimum absolute atomic E-state index is 0.00310. The largest absolute Gasteiger partial charge is 0.463 e. The van der Waals surface area contributed by atoms with Gasteiger partial charge < -0.3 is 30.3 Å². The Morgan fingerprint density at radius 2 is 1.62 bits per heavy atom. The number of nitrogens with zero attached hydrogens (tertiary/aromatic N) is 5. The van der Waals surface area contributed by atoms with Crippen LogP contribution in [0.15, 0.2) is 29.1 Å². The van der Waals surface area contributed by atoms with Crippen LogP contribution in [0.1, 0.15) is 97.1 Å². The maximum Gasteiger partial charge on any atom is 0.431 e. The molecule has 4 amide bonds. The summed E-state index contributed by atoms with van der Waals surface area (Å²) in [5.41, 5.74) is 9.96. The number of nitrogens with two attached hydrogens (primary N) is 2. The van der Waals surface area contributed by atoms with E-state index in [0.29, 0.717) is 41.8 Å². The topological polar surface area (TPSA) is 295 Å². The number of hydrogen-bond donors (Lipinski definition) is 5. The number of aromatic amines is 1. The highest BCUT2D eigenvalue weighted by Crippen LogP contribution is 2.23. The number of hydrogen-bond acceptors (Lipinski definition) is 17. The molecule has 7 N–H and O–H groups in total. The molecule has 0 bridgehead atoms. The molecule has 22 nitrogen and oxygen atoms in total. The SMILES string of the molecule is CC(C)(C)OC(=O)NOCC(=O)ON1C(=O)CCC1=O.CCCCOc1nc(N)c2[nH]c(=O)n(Cc3ccc(CN4CCC(CCNC(=O)[C@H](C)CC(=O)CON)CC4)cc3)c2n1. The number of carbonyl (C=O) groups excluding carboxylic acids is 6. The molecule has 22 heteroatoms. The van der Waals surface area contributed by atoms with Crippen molar-refractivity contribution in [3.05, 3.63) is 45.9 Å². The fourth-order valence-electron chi connectivity index (χ4n) is 6.57. The van der Waals surface area contributed by atoms with Crippen molar-refractivity contribution in [2.75, 3.05) is 45.2 Å². The Balaban J connectivity index is 0.000000365. The van der Waals surface area contributed by atoms with Gasteiger partial charge in [-0.15, -0.1) is 5.06 Å². The van der Waals surface area contributed by atoms with Crippen molar-refractivity contribution < 1.29 is 52.8 Å². The van der Waals surface area contributed by atoms with Crippen molar-refractivity contribution in [3.63, 3.8) is 0 Å². The molecular weight excluding hydrogens is 825 g/mol. The summed E-state index contributed by atoms with van der Waals surface area (Å²) in [7, 11) is 0. The van der Waals surface area contributed by atoms with Crippen LogP contribution in [-0.2, 0) is 56.3 Å². The molecule has 5 rings (SSSR count). The summed E-state index contributed by atoms with van der Waals surface area (Å²) in [6.45, 7) is 12.3. The van der Waals surface area contributed by atoms with E-state index < -0.39 is 42.0 Å². The zero-order valence-corrected chi connectivity index (χ0v) is 36.6. The summed E-state index contributed by atoms with van der Waals surface area (Å²) >= 11 is 0. The number of nitrogens with one attached hydrogen (secondary N) is 3. The molecule has 0 spiro atoms. The van der Waals surface area contributed by atoms with Crippen molar-refractivity contribution in [2.24, 2.45) is 17.7 Å². The molecule has 0 unspecified atom stereocenters. The van der Waals surface area contributed by atoms with Gasteiger partial charge in [-0.3, -0.25) is 38.3 Å². The van der Waals surface area contributed by atoms with Crippen LogP contribution in [0, 0.1) is 11.8 Å². The maximum absolute atomic E-state index is 12.7. The molecule has 0 radical (unpaired) electrons. The molecule has 346 valence electrons. The van der Waals surface area contributed by atoms with Crippen molar-refractivity contribution >= 4 is 52.5 Å². The summed E-state index contributed by atoms with van der Waals surface area (Å²) in [4.78, 5) is 109. The zero-order chi connectivity index (χ0) is 46.1. The van der Waals surface area contributed by atoms with Gasteiger partial charge in [0.1, 0.15) is 17.7 Å². The van der Waals surface area contributed by atoms with Gasteiger partial charge >= 0.3 is 23.8 Å². The lowest BCUT2D eigenvalue weighted by molar-refractivity contribution is -0.201. The Hall–Kier alpha value is -5.97. The number of fused-ring (bicyclic) bond motifs is 1. The van der Waals surface area contributed by atoms with Gasteiger partial charge in [-0.05, 0) is 76.6 Å². The minimum Gasteiger partial charge on any atom is -0.463 e. The normalized spacial score (nSPS) is 15.1. The first-order chi connectivity index (χ1) is 30.0. The fraction of sp³-hybridized carbons (Fsp3) is 0.585. The van der Waals surface area contributed by atoms with E-state index in [4.69, 9.17) is 21.1 Å². The zero-order valence-electron chi connectivity index (χ0n) is 36.6. The standard InChI is InChI=1S/C30H44N8O5.C11H16N2O7/c1-3-4-15-42-29-35-26(31)25-27(36-29)38(30(41)34-25)18-23-7-5-22(6-8-23)17-37-13-10-21(11-14-37)9-12-33-28(40)20(2)16-24(39)19-43-32;1-11(2,3)19-10(17)12-18-6-9(16)20-13-7(14)4-5-8(13)15/h5-8,20-21H,3-4,9-19,32H2,1-2H3,(H,33,40)(H,34,41)(H2,31,35,36);4-6H2,1-3H3,(H,12,17)/t20-;/m1./s1. The summed E-state index contributed by atoms with van der Waals surface area (Å²) in [6, 6.07) is 8.46. The van der Waals surface area contributed by atoms with Gasteiger partial charge in [0, 0.05) is 38.3 Å². The van der Waals surface area contributed by atoms with Gasteiger partial charge in [0.05, 0.1) is 13.2 Å². The van der Waals surface area contributed by atoms with Crippen LogP contribution in [-0.4, -0.2) is 110 Å². The monoisotopic (exact) mass is 884 g/mol. The number of likely N-dealkylation sites (tertiary alicyclic amines) is 1. The van der Waals surface area contributed by atoms with E-state index in [9.17, 15) is 33.6 Å². The number of hydroxylamine groups is 3. The molecule has 1 aromatic carbocycles. The van der Waals surface area contributed by atoms with E-state index in [1.807, 2.05) is 17.6 Å². The first-order valence-electron chi connectivity index (χ1n) is 20.9. The number of H-pyrrole nitrogens is 1. The Labute approximate surface area is 364 Å². The van der Waals surface area contributed by atoms with Gasteiger partial charge in [0.25, 0.3) is 11.8 Å². The number of nitrogen functional groups attached to an aromatic ring is 1. The number of benzene rings is 1. The van der Waals surface area contributed by atoms with Crippen LogP contribution in [0.4, 0.5) is 10.6 Å². The summed E-state index contributed by atoms with van der Waals surface area (Å²) in [5.74, 6) is 2.80. The van der Waals surface area contributed by atoms with E-state index >= 15 is 0 Å². The molecule has 2 saturated heterocycles. The van der Waals surface area contributed by atoms with Crippen molar-refractivity contribution in [1.29, 1.82) is 0 Å². The molecule has 3 aromatic rings. The van der Waals surface area contributed by atoms with Gasteiger partial charge in [0.2, 0.25) is 5.91 Å². The first-order valence-corrected chi connectivity index (χ1v) is 20.9. The molecular formula is C41H60N10O12. The van der Waals surface area contributed by atoms with E-state index in [0.717, 1.165) is 57.3 Å². The Morgan fingerprint density at radius 3 is 2.24 bits per heavy atom. The number of aromatic nitrogens is 4. The molecule has 1 atom stereocenters. The number of piperidine rings is 1. The van der Waals surface area contributed by atoms with Crippen molar-refractivity contribution in [3.8, 4) is 6.01 Å². The van der Waals surface area contributed by atoms with E-state index in [1.165, 1.54) is 5.56 Å². The lowest BCUT2D eigenvalue weighted by Gasteiger charge is -2.32. The molecule has 2 aliphatic rings. The molecule has 63 heavy (non-hydrogen) atoms. The number of unbranched alkanes of at least 4 members (excludes halogenated alkanes) is 1. The molecule has 2 aliphatic heterocycles. The second kappa shape index (κ2) is 24.0. The smallest absolute Gasteiger partial charge is 0.431 e. The van der Waals surface area contributed by atoms with Crippen LogP contribution in [0.2, 0.25) is 0 Å². The van der Waals surface area contributed by atoms with Crippen molar-refractivity contribution in [1.82, 2.24) is 40.3 Å². The second-order valence-electron chi connectivity index (χ2n) is 16.3. The van der Waals surface area contributed by atoms with E-state index in [-0.39, 0.29) is 55.1 Å². The highest BCUT2D eigenvalue weighted by Gasteiger charge is 2.33. The lowest BCUT2D eigenvalue weighted by atomic mass is 9.93. The number of anilines is 1. The quantitative estimate of drug-likeness (QED) is 0.0617. The first kappa shape index (κ1) is 49.7. The minimum atomic E-state index is -0.996. The number of ether oxygens (including phenoxy) is 2. The third-order valence-electron chi connectivity index (χ3n) is 9.86. The summed E-state index contributed by atoms with van der Waals surface area (Å²) in [6.07, 6.45) is 4.21. The molecule has 0 saturated carbocycles. The number of imidazole rings is 1. The van der Waals surface area contributed by atoms with Gasteiger partial charge in [-0.1, -0.05) is 44.5 Å². The average molecular weight is 885 g/mol. The average Bonchev–Trinajstić information content (AvgIpc) is 3.71. The molecule has 4 heterocycles. The number of rotatable bonds is 20. The maximum atomic E-state index is 12.7. The van der Waals surface area contributed by atoms with Crippen molar-refractivity contribution in [2.45, 2.75) is 105 Å². The van der Waals surface area contributed by atoms with Gasteiger partial charge in [-0.25, -0.2) is 20.3 Å². The molecule has 0 aliphatic carbocycles. The number of amides is 4. The highest BCUT2D eigenvalue weighted by atomic mass is 16.8. The third kappa shape index (κ3) is 16.3.